The van der Waals surface area contributed by atoms with E-state index in [4.69, 9.17) is 22.1 Å². The van der Waals surface area contributed by atoms with Crippen LogP contribution in [0.2, 0.25) is 5.02 Å². The van der Waals surface area contributed by atoms with Crippen molar-refractivity contribution in [1.29, 1.82) is 0 Å². The van der Waals surface area contributed by atoms with Gasteiger partial charge in [-0.2, -0.15) is 0 Å². The molecule has 0 aliphatic rings. The van der Waals surface area contributed by atoms with Crippen molar-refractivity contribution >= 4 is 11.6 Å². The third-order valence-electron chi connectivity index (χ3n) is 3.68. The van der Waals surface area contributed by atoms with E-state index in [2.05, 4.69) is 6.92 Å². The van der Waals surface area contributed by atoms with Gasteiger partial charge in [0.1, 0.15) is 5.75 Å². The lowest BCUT2D eigenvalue weighted by Gasteiger charge is -2.09. The average molecular weight is 312 g/mol. The van der Waals surface area contributed by atoms with Crippen molar-refractivity contribution in [3.63, 3.8) is 0 Å². The maximum atomic E-state index is 6.21. The summed E-state index contributed by atoms with van der Waals surface area (Å²) < 4.78 is 5.75. The Morgan fingerprint density at radius 2 is 1.67 bits per heavy atom. The molecule has 2 nitrogen and oxygen atoms in total. The number of benzene rings is 1. The summed E-state index contributed by atoms with van der Waals surface area (Å²) in [6.07, 6.45) is 11.3. The van der Waals surface area contributed by atoms with Gasteiger partial charge in [0.05, 0.1) is 11.6 Å². The standard InChI is InChI=1S/C18H30ClNO/c1-2-3-4-5-6-7-8-9-14-21-18-11-10-16(12-13-20)15-17(18)19/h10-11,15H,2-9,12-14,20H2,1H3. The summed E-state index contributed by atoms with van der Waals surface area (Å²) in [5, 5.41) is 0.695. The Kier molecular flexibility index (Phi) is 10.4. The van der Waals surface area contributed by atoms with E-state index < -0.39 is 0 Å². The van der Waals surface area contributed by atoms with Crippen LogP contribution in [0.25, 0.3) is 0 Å². The molecule has 0 aliphatic carbocycles. The minimum Gasteiger partial charge on any atom is -0.492 e. The van der Waals surface area contributed by atoms with Crippen LogP contribution in [0.3, 0.4) is 0 Å². The molecule has 0 aliphatic heterocycles. The number of nitrogens with two attached hydrogens (primary N) is 1. The Balaban J connectivity index is 2.10. The Bertz CT molecular complexity index is 381. The maximum Gasteiger partial charge on any atom is 0.137 e. The lowest BCUT2D eigenvalue weighted by molar-refractivity contribution is 0.304. The molecule has 0 spiro atoms. The lowest BCUT2D eigenvalue weighted by Crippen LogP contribution is -2.03. The summed E-state index contributed by atoms with van der Waals surface area (Å²) >= 11 is 6.21. The fourth-order valence-corrected chi connectivity index (χ4v) is 2.66. The second-order valence-electron chi connectivity index (χ2n) is 5.63. The van der Waals surface area contributed by atoms with Crippen LogP contribution in [0.5, 0.6) is 5.75 Å². The van der Waals surface area contributed by atoms with Crippen molar-refractivity contribution in [2.75, 3.05) is 13.2 Å². The molecule has 0 bridgehead atoms. The second kappa shape index (κ2) is 11.9. The van der Waals surface area contributed by atoms with Gasteiger partial charge in [0.2, 0.25) is 0 Å². The first kappa shape index (κ1) is 18.3. The SMILES string of the molecule is CCCCCCCCCCOc1ccc(CCN)cc1Cl. The van der Waals surface area contributed by atoms with Crippen LogP contribution in [0.4, 0.5) is 0 Å². The average Bonchev–Trinajstić information content (AvgIpc) is 2.48. The van der Waals surface area contributed by atoms with E-state index >= 15 is 0 Å². The van der Waals surface area contributed by atoms with Gasteiger partial charge in [-0.25, -0.2) is 0 Å². The molecule has 2 N–H and O–H groups in total. The van der Waals surface area contributed by atoms with Crippen molar-refractivity contribution in [3.05, 3.63) is 28.8 Å². The van der Waals surface area contributed by atoms with Crippen LogP contribution in [0.1, 0.15) is 63.9 Å². The van der Waals surface area contributed by atoms with Gasteiger partial charge in [-0.3, -0.25) is 0 Å². The van der Waals surface area contributed by atoms with Crippen molar-refractivity contribution < 1.29 is 4.74 Å². The largest absolute Gasteiger partial charge is 0.492 e. The highest BCUT2D eigenvalue weighted by atomic mass is 35.5. The second-order valence-corrected chi connectivity index (χ2v) is 6.03. The highest BCUT2D eigenvalue weighted by molar-refractivity contribution is 6.32. The number of unbranched alkanes of at least 4 members (excludes halogenated alkanes) is 7. The first-order chi connectivity index (χ1) is 10.3. The zero-order valence-electron chi connectivity index (χ0n) is 13.4. The molecule has 0 heterocycles. The molecule has 0 fully saturated rings. The molecule has 0 saturated heterocycles. The van der Waals surface area contributed by atoms with Gasteiger partial charge in [0.25, 0.3) is 0 Å². The van der Waals surface area contributed by atoms with Crippen molar-refractivity contribution in [2.24, 2.45) is 5.73 Å². The van der Waals surface area contributed by atoms with Crippen LogP contribution >= 0.6 is 11.6 Å². The molecule has 1 rings (SSSR count). The van der Waals surface area contributed by atoms with E-state index in [-0.39, 0.29) is 0 Å². The molecule has 1 aromatic rings. The molecule has 0 aromatic heterocycles. The van der Waals surface area contributed by atoms with Crippen molar-refractivity contribution in [2.45, 2.75) is 64.7 Å². The van der Waals surface area contributed by atoms with Crippen LogP contribution in [-0.4, -0.2) is 13.2 Å². The smallest absolute Gasteiger partial charge is 0.137 e. The Morgan fingerprint density at radius 3 is 2.29 bits per heavy atom. The highest BCUT2D eigenvalue weighted by Gasteiger charge is 2.03. The van der Waals surface area contributed by atoms with E-state index in [1.54, 1.807) is 0 Å². The van der Waals surface area contributed by atoms with Gasteiger partial charge in [-0.05, 0) is 37.1 Å². The Hall–Kier alpha value is -0.730. The Labute approximate surface area is 135 Å². The minimum absolute atomic E-state index is 0.648. The molecule has 21 heavy (non-hydrogen) atoms. The van der Waals surface area contributed by atoms with E-state index in [0.29, 0.717) is 11.6 Å². The summed E-state index contributed by atoms with van der Waals surface area (Å²) in [7, 11) is 0. The van der Waals surface area contributed by atoms with Gasteiger partial charge in [0.15, 0.2) is 0 Å². The van der Waals surface area contributed by atoms with Crippen LogP contribution in [0, 0.1) is 0 Å². The van der Waals surface area contributed by atoms with Crippen molar-refractivity contribution in [1.82, 2.24) is 0 Å². The summed E-state index contributed by atoms with van der Waals surface area (Å²) in [6, 6.07) is 5.96. The normalized spacial score (nSPS) is 10.8. The number of halogens is 1. The Morgan fingerprint density at radius 1 is 1.00 bits per heavy atom. The van der Waals surface area contributed by atoms with Gasteiger partial charge < -0.3 is 10.5 Å². The fourth-order valence-electron chi connectivity index (χ4n) is 2.40. The topological polar surface area (TPSA) is 35.2 Å². The molecular weight excluding hydrogens is 282 g/mol. The first-order valence-corrected chi connectivity index (χ1v) is 8.77. The molecule has 0 amide bonds. The van der Waals surface area contributed by atoms with Crippen LogP contribution in [0.15, 0.2) is 18.2 Å². The monoisotopic (exact) mass is 311 g/mol. The molecule has 0 radical (unpaired) electrons. The van der Waals surface area contributed by atoms with Crippen molar-refractivity contribution in [3.8, 4) is 5.75 Å². The van der Waals surface area contributed by atoms with E-state index in [9.17, 15) is 0 Å². The lowest BCUT2D eigenvalue weighted by atomic mass is 10.1. The summed E-state index contributed by atoms with van der Waals surface area (Å²) in [5.74, 6) is 0.792. The molecule has 1 aromatic carbocycles. The van der Waals surface area contributed by atoms with E-state index in [0.717, 1.165) is 25.2 Å². The molecule has 0 unspecified atom stereocenters. The zero-order chi connectivity index (χ0) is 15.3. The van der Waals surface area contributed by atoms with Crippen LogP contribution < -0.4 is 10.5 Å². The summed E-state index contributed by atoms with van der Waals surface area (Å²) in [4.78, 5) is 0. The fraction of sp³-hybridized carbons (Fsp3) is 0.667. The molecule has 3 heteroatoms. The van der Waals surface area contributed by atoms with E-state index in [1.165, 1.54) is 50.5 Å². The number of rotatable bonds is 12. The number of ether oxygens (including phenoxy) is 1. The van der Waals surface area contributed by atoms with Gasteiger partial charge in [0, 0.05) is 0 Å². The molecular formula is C18H30ClNO. The quantitative estimate of drug-likeness (QED) is 0.527. The highest BCUT2D eigenvalue weighted by Crippen LogP contribution is 2.25. The first-order valence-electron chi connectivity index (χ1n) is 8.39. The summed E-state index contributed by atoms with van der Waals surface area (Å²) in [6.45, 7) is 3.66. The minimum atomic E-state index is 0.648. The van der Waals surface area contributed by atoms with E-state index in [1.807, 2.05) is 18.2 Å². The predicted octanol–water partition coefficient (Wildman–Crippen LogP) is 5.36. The number of hydrogen-bond acceptors (Lipinski definition) is 2. The maximum absolute atomic E-state index is 6.21. The van der Waals surface area contributed by atoms with Gasteiger partial charge in [-0.1, -0.05) is 69.5 Å². The molecule has 0 saturated carbocycles. The molecule has 120 valence electrons. The third-order valence-corrected chi connectivity index (χ3v) is 3.98. The zero-order valence-corrected chi connectivity index (χ0v) is 14.1. The van der Waals surface area contributed by atoms with Crippen LogP contribution in [-0.2, 0) is 6.42 Å². The van der Waals surface area contributed by atoms with Gasteiger partial charge >= 0.3 is 0 Å². The number of hydrogen-bond donors (Lipinski definition) is 1. The summed E-state index contributed by atoms with van der Waals surface area (Å²) in [5.41, 5.74) is 6.71. The molecule has 0 atom stereocenters. The predicted molar refractivity (Wildman–Crippen MR) is 92.3 cm³/mol. The van der Waals surface area contributed by atoms with Gasteiger partial charge in [-0.15, -0.1) is 0 Å². The third kappa shape index (κ3) is 8.33.